The van der Waals surface area contributed by atoms with Gasteiger partial charge in [0.25, 0.3) is 0 Å². The number of hydrogen-bond acceptors (Lipinski definition) is 1. The highest BCUT2D eigenvalue weighted by atomic mass is 14.7. The number of rotatable bonds is 6. The zero-order valence-electron chi connectivity index (χ0n) is 7.90. The fourth-order valence-electron chi connectivity index (χ4n) is 1.61. The third-order valence-electron chi connectivity index (χ3n) is 2.05. The second-order valence-corrected chi connectivity index (χ2v) is 3.36. The Labute approximate surface area is 70.7 Å². The van der Waals surface area contributed by atoms with Crippen LogP contribution in [-0.4, -0.2) is 5.54 Å². The molecule has 0 heterocycles. The van der Waals surface area contributed by atoms with Gasteiger partial charge in [0.05, 0.1) is 0 Å². The summed E-state index contributed by atoms with van der Waals surface area (Å²) in [5.41, 5.74) is 6.19. The summed E-state index contributed by atoms with van der Waals surface area (Å²) < 4.78 is 0. The molecule has 0 rings (SSSR count). The molecule has 2 N–H and O–H groups in total. The minimum atomic E-state index is 0.0330. The first-order valence-corrected chi connectivity index (χ1v) is 4.58. The molecule has 0 fully saturated rings. The van der Waals surface area contributed by atoms with Crippen molar-refractivity contribution in [2.45, 2.75) is 51.5 Å². The average molecular weight is 155 g/mol. The molecule has 0 radical (unpaired) electrons. The highest BCUT2D eigenvalue weighted by molar-refractivity contribution is 4.90. The van der Waals surface area contributed by atoms with Gasteiger partial charge in [0.1, 0.15) is 0 Å². The van der Waals surface area contributed by atoms with E-state index in [1.807, 2.05) is 6.08 Å². The first-order valence-electron chi connectivity index (χ1n) is 4.58. The Morgan fingerprint density at radius 2 is 1.73 bits per heavy atom. The van der Waals surface area contributed by atoms with Crippen LogP contribution in [0.2, 0.25) is 0 Å². The minimum Gasteiger partial charge on any atom is -0.325 e. The summed E-state index contributed by atoms with van der Waals surface area (Å²) in [4.78, 5) is 0. The van der Waals surface area contributed by atoms with Crippen molar-refractivity contribution in [3.63, 3.8) is 0 Å². The Hall–Kier alpha value is -0.300. The quantitative estimate of drug-likeness (QED) is 0.586. The molecule has 0 aliphatic rings. The maximum atomic E-state index is 6.16. The lowest BCUT2D eigenvalue weighted by molar-refractivity contribution is 0.361. The first-order chi connectivity index (χ1) is 5.18. The van der Waals surface area contributed by atoms with Gasteiger partial charge >= 0.3 is 0 Å². The van der Waals surface area contributed by atoms with Crippen LogP contribution in [-0.2, 0) is 0 Å². The summed E-state index contributed by atoms with van der Waals surface area (Å²) in [5.74, 6) is 0. The summed E-state index contributed by atoms with van der Waals surface area (Å²) in [6, 6.07) is 0. The summed E-state index contributed by atoms with van der Waals surface area (Å²) in [5, 5.41) is 0. The summed E-state index contributed by atoms with van der Waals surface area (Å²) in [7, 11) is 0. The van der Waals surface area contributed by atoms with Gasteiger partial charge in [0, 0.05) is 5.54 Å². The molecule has 0 aromatic carbocycles. The molecule has 66 valence electrons. The first kappa shape index (κ1) is 10.7. The fourth-order valence-corrected chi connectivity index (χ4v) is 1.61. The van der Waals surface area contributed by atoms with Crippen molar-refractivity contribution in [3.8, 4) is 0 Å². The van der Waals surface area contributed by atoms with Crippen molar-refractivity contribution in [1.82, 2.24) is 0 Å². The minimum absolute atomic E-state index is 0.0330. The lowest BCUT2D eigenvalue weighted by Gasteiger charge is -2.27. The van der Waals surface area contributed by atoms with E-state index in [1.54, 1.807) is 0 Å². The van der Waals surface area contributed by atoms with E-state index in [2.05, 4.69) is 20.4 Å². The van der Waals surface area contributed by atoms with Gasteiger partial charge in [-0.05, 0) is 19.3 Å². The molecule has 0 aliphatic carbocycles. The summed E-state index contributed by atoms with van der Waals surface area (Å²) >= 11 is 0. The van der Waals surface area contributed by atoms with Crippen molar-refractivity contribution in [3.05, 3.63) is 12.7 Å². The Kier molecular flexibility index (Phi) is 5.22. The molecule has 0 aromatic heterocycles. The van der Waals surface area contributed by atoms with Crippen molar-refractivity contribution in [2.24, 2.45) is 5.73 Å². The zero-order valence-corrected chi connectivity index (χ0v) is 7.90. The molecule has 11 heavy (non-hydrogen) atoms. The van der Waals surface area contributed by atoms with Crippen molar-refractivity contribution >= 4 is 0 Å². The molecule has 1 nitrogen and oxygen atoms in total. The lowest BCUT2D eigenvalue weighted by atomic mass is 9.87. The second kappa shape index (κ2) is 5.36. The van der Waals surface area contributed by atoms with E-state index < -0.39 is 0 Å². The van der Waals surface area contributed by atoms with E-state index in [0.29, 0.717) is 0 Å². The molecule has 0 aromatic rings. The van der Waals surface area contributed by atoms with Crippen molar-refractivity contribution in [2.75, 3.05) is 0 Å². The molecule has 0 aliphatic heterocycles. The molecular formula is C10H21N. The van der Waals surface area contributed by atoms with E-state index in [-0.39, 0.29) is 5.54 Å². The van der Waals surface area contributed by atoms with E-state index in [0.717, 1.165) is 19.3 Å². The Morgan fingerprint density at radius 3 is 2.00 bits per heavy atom. The average Bonchev–Trinajstić information content (AvgIpc) is 1.88. The van der Waals surface area contributed by atoms with Crippen LogP contribution < -0.4 is 5.73 Å². The maximum absolute atomic E-state index is 6.16. The SMILES string of the molecule is C=CCC(N)(CCC)CCC. The van der Waals surface area contributed by atoms with Gasteiger partial charge < -0.3 is 5.73 Å². The summed E-state index contributed by atoms with van der Waals surface area (Å²) in [6.07, 6.45) is 7.47. The van der Waals surface area contributed by atoms with E-state index >= 15 is 0 Å². The van der Waals surface area contributed by atoms with Crippen LogP contribution in [0.4, 0.5) is 0 Å². The third kappa shape index (κ3) is 4.20. The predicted molar refractivity (Wildman–Crippen MR) is 51.5 cm³/mol. The molecule has 0 unspecified atom stereocenters. The van der Waals surface area contributed by atoms with Gasteiger partial charge in [-0.2, -0.15) is 0 Å². The normalized spacial score (nSPS) is 11.5. The molecule has 0 atom stereocenters. The van der Waals surface area contributed by atoms with Gasteiger partial charge in [-0.1, -0.05) is 32.8 Å². The molecule has 1 heteroatoms. The molecule has 0 bridgehead atoms. The van der Waals surface area contributed by atoms with Crippen molar-refractivity contribution in [1.29, 1.82) is 0 Å². The molecule has 0 saturated carbocycles. The Morgan fingerprint density at radius 1 is 1.27 bits per heavy atom. The van der Waals surface area contributed by atoms with Gasteiger partial charge in [0.15, 0.2) is 0 Å². The zero-order chi connectivity index (χ0) is 8.74. The summed E-state index contributed by atoms with van der Waals surface area (Å²) in [6.45, 7) is 8.09. The monoisotopic (exact) mass is 155 g/mol. The van der Waals surface area contributed by atoms with Gasteiger partial charge in [0.2, 0.25) is 0 Å². The van der Waals surface area contributed by atoms with Crippen LogP contribution in [0.15, 0.2) is 12.7 Å². The van der Waals surface area contributed by atoms with Crippen LogP contribution in [0.25, 0.3) is 0 Å². The molecular weight excluding hydrogens is 134 g/mol. The molecule has 0 spiro atoms. The topological polar surface area (TPSA) is 26.0 Å². The lowest BCUT2D eigenvalue weighted by Crippen LogP contribution is -2.38. The predicted octanol–water partition coefficient (Wildman–Crippen LogP) is 2.86. The van der Waals surface area contributed by atoms with Crippen molar-refractivity contribution < 1.29 is 0 Å². The van der Waals surface area contributed by atoms with Crippen LogP contribution in [0.5, 0.6) is 0 Å². The van der Waals surface area contributed by atoms with Gasteiger partial charge in [-0.25, -0.2) is 0 Å². The second-order valence-electron chi connectivity index (χ2n) is 3.36. The van der Waals surface area contributed by atoms with E-state index in [9.17, 15) is 0 Å². The smallest absolute Gasteiger partial charge is 0.0188 e. The largest absolute Gasteiger partial charge is 0.325 e. The van der Waals surface area contributed by atoms with Crippen LogP contribution in [0, 0.1) is 0 Å². The highest BCUT2D eigenvalue weighted by Crippen LogP contribution is 2.20. The molecule has 0 saturated heterocycles. The van der Waals surface area contributed by atoms with Gasteiger partial charge in [-0.15, -0.1) is 6.58 Å². The highest BCUT2D eigenvalue weighted by Gasteiger charge is 2.20. The maximum Gasteiger partial charge on any atom is 0.0188 e. The van der Waals surface area contributed by atoms with Crippen LogP contribution in [0.3, 0.4) is 0 Å². The third-order valence-corrected chi connectivity index (χ3v) is 2.05. The standard InChI is InChI=1S/C10H21N/c1-4-7-10(11,8-5-2)9-6-3/h4H,1,5-9,11H2,2-3H3. The Bertz CT molecular complexity index is 101. The molecule has 0 amide bonds. The Balaban J connectivity index is 3.88. The van der Waals surface area contributed by atoms with Crippen LogP contribution >= 0.6 is 0 Å². The fraction of sp³-hybridized carbons (Fsp3) is 0.800. The number of hydrogen-bond donors (Lipinski definition) is 1. The van der Waals surface area contributed by atoms with Gasteiger partial charge in [-0.3, -0.25) is 0 Å². The number of nitrogens with two attached hydrogens (primary N) is 1. The van der Waals surface area contributed by atoms with E-state index in [4.69, 9.17) is 5.73 Å². The van der Waals surface area contributed by atoms with Crippen LogP contribution in [0.1, 0.15) is 46.0 Å². The van der Waals surface area contributed by atoms with E-state index in [1.165, 1.54) is 12.8 Å².